The zero-order valence-electron chi connectivity index (χ0n) is 17.6. The van der Waals surface area contributed by atoms with E-state index in [4.69, 9.17) is 13.9 Å². The predicted octanol–water partition coefficient (Wildman–Crippen LogP) is 4.00. The number of nitrogens with one attached hydrogen (secondary N) is 1. The van der Waals surface area contributed by atoms with Crippen molar-refractivity contribution in [3.63, 3.8) is 0 Å². The van der Waals surface area contributed by atoms with Gasteiger partial charge in [-0.25, -0.2) is 10.4 Å². The van der Waals surface area contributed by atoms with Crippen LogP contribution in [0.1, 0.15) is 11.3 Å². The quantitative estimate of drug-likeness (QED) is 0.236. The smallest absolute Gasteiger partial charge is 0.285 e. The van der Waals surface area contributed by atoms with Gasteiger partial charge in [0.05, 0.1) is 30.1 Å². The summed E-state index contributed by atoms with van der Waals surface area (Å²) in [5.74, 6) is 1.59. The zero-order valence-corrected chi connectivity index (χ0v) is 18.5. The zero-order chi connectivity index (χ0) is 22.3. The highest BCUT2D eigenvalue weighted by Gasteiger charge is 2.10. The summed E-state index contributed by atoms with van der Waals surface area (Å²) in [6.45, 7) is 0.365. The molecular weight excluding hydrogens is 428 g/mol. The molecule has 1 amide bonds. The molecule has 2 aromatic carbocycles. The van der Waals surface area contributed by atoms with Gasteiger partial charge in [-0.15, -0.1) is 0 Å². The van der Waals surface area contributed by atoms with E-state index < -0.39 is 0 Å². The van der Waals surface area contributed by atoms with Crippen LogP contribution in [0.4, 0.5) is 0 Å². The highest BCUT2D eigenvalue weighted by atomic mass is 32.2. The Morgan fingerprint density at radius 1 is 1.19 bits per heavy atom. The second-order valence-corrected chi connectivity index (χ2v) is 7.76. The molecule has 164 valence electrons. The summed E-state index contributed by atoms with van der Waals surface area (Å²) in [4.78, 5) is 16.6. The number of nitrogens with zero attached hydrogens (tertiary/aromatic N) is 3. The van der Waals surface area contributed by atoms with Crippen LogP contribution in [0.3, 0.4) is 0 Å². The number of thioether (sulfide) groups is 1. The Morgan fingerprint density at radius 3 is 2.78 bits per heavy atom. The first-order valence-corrected chi connectivity index (χ1v) is 10.8. The number of amides is 1. The maximum absolute atomic E-state index is 12.1. The number of rotatable bonds is 9. The highest BCUT2D eigenvalue weighted by Crippen LogP contribution is 2.22. The molecule has 0 atom stereocenters. The first-order valence-electron chi connectivity index (χ1n) is 9.84. The summed E-state index contributed by atoms with van der Waals surface area (Å²) >= 11 is 1.35. The number of hydrogen-bond acceptors (Lipinski definition) is 7. The van der Waals surface area contributed by atoms with Crippen molar-refractivity contribution in [3.8, 4) is 11.7 Å². The van der Waals surface area contributed by atoms with Gasteiger partial charge in [0.1, 0.15) is 12.4 Å². The Kier molecular flexibility index (Phi) is 6.76. The topological polar surface area (TPSA) is 90.9 Å². The Bertz CT molecular complexity index is 1230. The van der Waals surface area contributed by atoms with Crippen LogP contribution in [-0.2, 0) is 18.4 Å². The van der Waals surface area contributed by atoms with Crippen LogP contribution in [0.25, 0.3) is 11.0 Å². The van der Waals surface area contributed by atoms with E-state index in [1.807, 2.05) is 60.1 Å². The number of furan rings is 1. The van der Waals surface area contributed by atoms with Crippen LogP contribution in [0.15, 0.2) is 75.3 Å². The number of para-hydroxylation sites is 2. The molecule has 0 radical (unpaired) electrons. The minimum absolute atomic E-state index is 0.197. The summed E-state index contributed by atoms with van der Waals surface area (Å²) < 4.78 is 18.3. The fraction of sp³-hybridized carbons (Fsp3) is 0.174. The van der Waals surface area contributed by atoms with Crippen LogP contribution in [0, 0.1) is 0 Å². The molecule has 0 saturated heterocycles. The van der Waals surface area contributed by atoms with Crippen LogP contribution in [-0.4, -0.2) is 34.5 Å². The SMILES string of the molecule is COc1ccc(COc2ccc(/C=N/NC(=O)CSc3nc4ccccc4n3C)o2)cc1. The lowest BCUT2D eigenvalue weighted by Gasteiger charge is -2.04. The Labute approximate surface area is 189 Å². The maximum atomic E-state index is 12.1. The van der Waals surface area contributed by atoms with Crippen molar-refractivity contribution < 1.29 is 18.7 Å². The number of hydrazone groups is 1. The molecule has 8 nitrogen and oxygen atoms in total. The second kappa shape index (κ2) is 10.1. The lowest BCUT2D eigenvalue weighted by atomic mass is 10.2. The van der Waals surface area contributed by atoms with E-state index in [-0.39, 0.29) is 11.7 Å². The average molecular weight is 451 g/mol. The van der Waals surface area contributed by atoms with Crippen molar-refractivity contribution in [2.24, 2.45) is 12.1 Å². The van der Waals surface area contributed by atoms with E-state index in [9.17, 15) is 4.79 Å². The third-order valence-electron chi connectivity index (χ3n) is 4.60. The lowest BCUT2D eigenvalue weighted by molar-refractivity contribution is -0.118. The van der Waals surface area contributed by atoms with Gasteiger partial charge in [-0.1, -0.05) is 36.0 Å². The van der Waals surface area contributed by atoms with E-state index in [1.165, 1.54) is 18.0 Å². The van der Waals surface area contributed by atoms with Gasteiger partial charge in [0.15, 0.2) is 10.9 Å². The molecule has 32 heavy (non-hydrogen) atoms. The van der Waals surface area contributed by atoms with Crippen molar-refractivity contribution >= 4 is 34.9 Å². The summed E-state index contributed by atoms with van der Waals surface area (Å²) in [5.41, 5.74) is 5.41. The van der Waals surface area contributed by atoms with Crippen molar-refractivity contribution in [2.75, 3.05) is 12.9 Å². The number of fused-ring (bicyclic) bond motifs is 1. The lowest BCUT2D eigenvalue weighted by Crippen LogP contribution is -2.19. The van der Waals surface area contributed by atoms with Gasteiger partial charge in [0.2, 0.25) is 0 Å². The number of carbonyl (C=O) groups is 1. The molecule has 0 unspecified atom stereocenters. The largest absolute Gasteiger partial charge is 0.497 e. The molecule has 1 N–H and O–H groups in total. The van der Waals surface area contributed by atoms with Crippen molar-refractivity contribution in [2.45, 2.75) is 11.8 Å². The number of aromatic nitrogens is 2. The molecule has 0 fully saturated rings. The van der Waals surface area contributed by atoms with Gasteiger partial charge in [0, 0.05) is 13.1 Å². The molecule has 2 heterocycles. The summed E-state index contributed by atoms with van der Waals surface area (Å²) in [6.07, 6.45) is 1.43. The van der Waals surface area contributed by atoms with Gasteiger partial charge in [-0.3, -0.25) is 4.79 Å². The second-order valence-electron chi connectivity index (χ2n) is 6.82. The van der Waals surface area contributed by atoms with Crippen molar-refractivity contribution in [1.82, 2.24) is 15.0 Å². The van der Waals surface area contributed by atoms with Gasteiger partial charge < -0.3 is 18.5 Å². The number of methoxy groups -OCH3 is 1. The molecule has 2 aromatic heterocycles. The summed E-state index contributed by atoms with van der Waals surface area (Å²) in [7, 11) is 3.56. The molecule has 0 bridgehead atoms. The molecule has 0 aliphatic rings. The fourth-order valence-electron chi connectivity index (χ4n) is 2.94. The van der Waals surface area contributed by atoms with Crippen molar-refractivity contribution in [3.05, 3.63) is 72.0 Å². The number of carbonyl (C=O) groups excluding carboxylic acids is 1. The first-order chi connectivity index (χ1) is 15.6. The summed E-state index contributed by atoms with van der Waals surface area (Å²) in [5, 5.41) is 4.71. The van der Waals surface area contributed by atoms with Crippen LogP contribution in [0.5, 0.6) is 11.7 Å². The molecular formula is C23H22N4O4S. The highest BCUT2D eigenvalue weighted by molar-refractivity contribution is 7.99. The maximum Gasteiger partial charge on any atom is 0.285 e. The molecule has 0 aliphatic heterocycles. The Morgan fingerprint density at radius 2 is 2.00 bits per heavy atom. The molecule has 4 rings (SSSR count). The van der Waals surface area contributed by atoms with Gasteiger partial charge in [0.25, 0.3) is 11.9 Å². The Balaban J connectivity index is 1.23. The van der Waals surface area contributed by atoms with E-state index in [2.05, 4.69) is 15.5 Å². The fourth-order valence-corrected chi connectivity index (χ4v) is 3.72. The summed E-state index contributed by atoms with van der Waals surface area (Å²) in [6, 6.07) is 18.8. The number of benzene rings is 2. The third-order valence-corrected chi connectivity index (χ3v) is 5.63. The predicted molar refractivity (Wildman–Crippen MR) is 123 cm³/mol. The monoisotopic (exact) mass is 450 g/mol. The minimum atomic E-state index is -0.235. The van der Waals surface area contributed by atoms with E-state index in [1.54, 1.807) is 19.2 Å². The van der Waals surface area contributed by atoms with Crippen molar-refractivity contribution in [1.29, 1.82) is 0 Å². The normalized spacial score (nSPS) is 11.2. The molecule has 9 heteroatoms. The van der Waals surface area contributed by atoms with Gasteiger partial charge in [-0.2, -0.15) is 5.10 Å². The van der Waals surface area contributed by atoms with E-state index in [0.717, 1.165) is 27.5 Å². The molecule has 0 aliphatic carbocycles. The number of imidazole rings is 1. The molecule has 4 aromatic rings. The van der Waals surface area contributed by atoms with Gasteiger partial charge >= 0.3 is 0 Å². The average Bonchev–Trinajstić information content (AvgIpc) is 3.41. The standard InChI is InChI=1S/C23H22N4O4S/c1-27-20-6-4-3-5-19(20)25-23(27)32-15-21(28)26-24-13-18-11-12-22(31-18)30-14-16-7-9-17(29-2)10-8-16/h3-13H,14-15H2,1-2H3,(H,26,28)/b24-13+. The van der Waals surface area contributed by atoms with Crippen LogP contribution in [0.2, 0.25) is 0 Å². The minimum Gasteiger partial charge on any atom is -0.497 e. The van der Waals surface area contributed by atoms with Gasteiger partial charge in [-0.05, 0) is 35.9 Å². The Hall–Kier alpha value is -3.72. The number of ether oxygens (including phenoxy) is 2. The van der Waals surface area contributed by atoms with E-state index in [0.29, 0.717) is 18.3 Å². The number of aryl methyl sites for hydroxylation is 1. The third kappa shape index (κ3) is 5.30. The van der Waals surface area contributed by atoms with Crippen LogP contribution >= 0.6 is 11.8 Å². The number of hydrogen-bond donors (Lipinski definition) is 1. The first kappa shape index (κ1) is 21.5. The van der Waals surface area contributed by atoms with Crippen LogP contribution < -0.4 is 14.9 Å². The molecule has 0 spiro atoms. The van der Waals surface area contributed by atoms with E-state index >= 15 is 0 Å². The molecule has 0 saturated carbocycles.